The van der Waals surface area contributed by atoms with Gasteiger partial charge < -0.3 is 9.88 Å². The number of likely N-dealkylation sites (tertiary alicyclic amines) is 1. The van der Waals surface area contributed by atoms with Crippen LogP contribution in [0.4, 0.5) is 4.39 Å². The van der Waals surface area contributed by atoms with Gasteiger partial charge in [0, 0.05) is 18.3 Å². The van der Waals surface area contributed by atoms with Crippen molar-refractivity contribution in [2.75, 3.05) is 6.54 Å². The third kappa shape index (κ3) is 3.33. The van der Waals surface area contributed by atoms with Crippen molar-refractivity contribution in [3.05, 3.63) is 69.4 Å². The molecular weight excluding hydrogens is 295 g/mol. The second-order valence-corrected chi connectivity index (χ2v) is 6.01. The largest absolute Gasteiger partial charge is 0.335 e. The maximum absolute atomic E-state index is 13.0. The zero-order valence-electron chi connectivity index (χ0n) is 13.0. The molecule has 1 aromatic heterocycles. The number of hydrogen-bond donors (Lipinski definition) is 1. The summed E-state index contributed by atoms with van der Waals surface area (Å²) >= 11 is 0. The highest BCUT2D eigenvalue weighted by Crippen LogP contribution is 2.23. The van der Waals surface area contributed by atoms with Crippen LogP contribution in [0.25, 0.3) is 0 Å². The molecule has 23 heavy (non-hydrogen) atoms. The first-order valence-electron chi connectivity index (χ1n) is 7.80. The highest BCUT2D eigenvalue weighted by molar-refractivity contribution is 5.94. The number of rotatable bonds is 3. The van der Waals surface area contributed by atoms with Gasteiger partial charge in [-0.2, -0.15) is 0 Å². The number of carbonyl (C=O) groups is 1. The molecule has 1 N–H and O–H groups in total. The number of carbonyl (C=O) groups excluding carboxylic acids is 1. The lowest BCUT2D eigenvalue weighted by Crippen LogP contribution is -2.39. The second kappa shape index (κ2) is 6.36. The Balaban J connectivity index is 1.79. The molecule has 1 aliphatic heterocycles. The number of benzene rings is 1. The van der Waals surface area contributed by atoms with E-state index in [0.717, 1.165) is 24.1 Å². The molecule has 1 amide bonds. The molecule has 5 heteroatoms. The summed E-state index contributed by atoms with van der Waals surface area (Å²) in [6.45, 7) is 2.43. The van der Waals surface area contributed by atoms with Crippen LogP contribution in [-0.4, -0.2) is 28.4 Å². The molecule has 1 atom stereocenters. The summed E-state index contributed by atoms with van der Waals surface area (Å²) in [5.41, 5.74) is 1.56. The van der Waals surface area contributed by atoms with Gasteiger partial charge in [-0.25, -0.2) is 4.39 Å². The number of nitrogens with zero attached hydrogens (tertiary/aromatic N) is 1. The molecule has 120 valence electrons. The van der Waals surface area contributed by atoms with E-state index in [1.165, 1.54) is 12.1 Å². The van der Waals surface area contributed by atoms with Gasteiger partial charge >= 0.3 is 0 Å². The molecule has 2 aromatic rings. The van der Waals surface area contributed by atoms with Gasteiger partial charge in [0.1, 0.15) is 11.4 Å². The van der Waals surface area contributed by atoms with Crippen molar-refractivity contribution in [3.8, 4) is 0 Å². The van der Waals surface area contributed by atoms with E-state index in [-0.39, 0.29) is 28.9 Å². The van der Waals surface area contributed by atoms with Crippen LogP contribution < -0.4 is 5.56 Å². The van der Waals surface area contributed by atoms with Crippen LogP contribution in [0.15, 0.2) is 41.2 Å². The van der Waals surface area contributed by atoms with Crippen LogP contribution >= 0.6 is 0 Å². The first-order valence-corrected chi connectivity index (χ1v) is 7.80. The Kier molecular flexibility index (Phi) is 4.28. The third-order valence-corrected chi connectivity index (χ3v) is 4.31. The monoisotopic (exact) mass is 314 g/mol. The molecule has 3 rings (SSSR count). The summed E-state index contributed by atoms with van der Waals surface area (Å²) in [6.07, 6.45) is 2.49. The molecule has 4 nitrogen and oxygen atoms in total. The Morgan fingerprint density at radius 3 is 2.70 bits per heavy atom. The fourth-order valence-electron chi connectivity index (χ4n) is 3.10. The maximum Gasteiger partial charge on any atom is 0.260 e. The quantitative estimate of drug-likeness (QED) is 0.947. The Hall–Kier alpha value is -2.43. The van der Waals surface area contributed by atoms with Gasteiger partial charge in [0.25, 0.3) is 11.5 Å². The smallest absolute Gasteiger partial charge is 0.260 e. The zero-order valence-corrected chi connectivity index (χ0v) is 13.0. The number of halogens is 1. The summed E-state index contributed by atoms with van der Waals surface area (Å²) < 4.78 is 13.0. The van der Waals surface area contributed by atoms with E-state index in [4.69, 9.17) is 0 Å². The van der Waals surface area contributed by atoms with E-state index in [0.29, 0.717) is 13.0 Å². The number of aromatic nitrogens is 1. The van der Waals surface area contributed by atoms with E-state index >= 15 is 0 Å². The lowest BCUT2D eigenvalue weighted by Gasteiger charge is -2.24. The standard InChI is InChI=1S/C18H19FN2O2/c1-12-4-9-16(17(22)20-12)18(23)21-10-2-3-15(21)11-13-5-7-14(19)8-6-13/h4-9,15H,2-3,10-11H2,1H3,(H,20,22)/t15-/m1/s1. The van der Waals surface area contributed by atoms with Crippen molar-refractivity contribution in [1.82, 2.24) is 9.88 Å². The summed E-state index contributed by atoms with van der Waals surface area (Å²) in [5, 5.41) is 0. The Labute approximate surface area is 134 Å². The number of H-pyrrole nitrogens is 1. The summed E-state index contributed by atoms with van der Waals surface area (Å²) in [7, 11) is 0. The molecule has 1 fully saturated rings. The maximum atomic E-state index is 13.0. The highest BCUT2D eigenvalue weighted by atomic mass is 19.1. The Morgan fingerprint density at radius 1 is 1.26 bits per heavy atom. The topological polar surface area (TPSA) is 53.2 Å². The van der Waals surface area contributed by atoms with Crippen LogP contribution in [0, 0.1) is 12.7 Å². The number of hydrogen-bond acceptors (Lipinski definition) is 2. The first-order chi connectivity index (χ1) is 11.0. The van der Waals surface area contributed by atoms with E-state index in [2.05, 4.69) is 4.98 Å². The van der Waals surface area contributed by atoms with Crippen LogP contribution in [0.3, 0.4) is 0 Å². The minimum Gasteiger partial charge on any atom is -0.335 e. The molecule has 0 spiro atoms. The fourth-order valence-corrected chi connectivity index (χ4v) is 3.10. The SMILES string of the molecule is Cc1ccc(C(=O)N2CCC[C@@H]2Cc2ccc(F)cc2)c(=O)[nH]1. The number of aryl methyl sites for hydroxylation is 1. The van der Waals surface area contributed by atoms with Gasteiger partial charge in [-0.05, 0) is 56.0 Å². The Morgan fingerprint density at radius 2 is 2.00 bits per heavy atom. The fraction of sp³-hybridized carbons (Fsp3) is 0.333. The minimum absolute atomic E-state index is 0.0497. The van der Waals surface area contributed by atoms with Gasteiger partial charge in [-0.3, -0.25) is 9.59 Å². The first kappa shape index (κ1) is 15.5. The number of amides is 1. The van der Waals surface area contributed by atoms with Crippen molar-refractivity contribution in [1.29, 1.82) is 0 Å². The van der Waals surface area contributed by atoms with Gasteiger partial charge in [0.2, 0.25) is 0 Å². The Bertz CT molecular complexity index is 767. The van der Waals surface area contributed by atoms with Crippen molar-refractivity contribution < 1.29 is 9.18 Å². The van der Waals surface area contributed by atoms with E-state index in [9.17, 15) is 14.0 Å². The van der Waals surface area contributed by atoms with Crippen molar-refractivity contribution in [2.24, 2.45) is 0 Å². The van der Waals surface area contributed by atoms with Crippen LogP contribution in [0.1, 0.15) is 34.5 Å². The lowest BCUT2D eigenvalue weighted by atomic mass is 10.0. The van der Waals surface area contributed by atoms with Crippen LogP contribution in [0.2, 0.25) is 0 Å². The van der Waals surface area contributed by atoms with E-state index in [1.807, 2.05) is 0 Å². The molecular formula is C18H19FN2O2. The molecule has 0 aliphatic carbocycles. The molecule has 2 heterocycles. The lowest BCUT2D eigenvalue weighted by molar-refractivity contribution is 0.0734. The molecule has 0 bridgehead atoms. The predicted octanol–water partition coefficient (Wildman–Crippen LogP) is 2.67. The third-order valence-electron chi connectivity index (χ3n) is 4.31. The summed E-state index contributed by atoms with van der Waals surface area (Å²) in [6, 6.07) is 9.73. The van der Waals surface area contributed by atoms with Crippen molar-refractivity contribution in [2.45, 2.75) is 32.2 Å². The average Bonchev–Trinajstić information content (AvgIpc) is 2.97. The molecule has 1 aliphatic rings. The molecule has 0 radical (unpaired) electrons. The summed E-state index contributed by atoms with van der Waals surface area (Å²) in [5.74, 6) is -0.491. The van der Waals surface area contributed by atoms with Crippen LogP contribution in [-0.2, 0) is 6.42 Å². The van der Waals surface area contributed by atoms with Gasteiger partial charge in [0.05, 0.1) is 0 Å². The highest BCUT2D eigenvalue weighted by Gasteiger charge is 2.30. The average molecular weight is 314 g/mol. The molecule has 0 saturated carbocycles. The van der Waals surface area contributed by atoms with Crippen LogP contribution in [0.5, 0.6) is 0 Å². The van der Waals surface area contributed by atoms with E-state index < -0.39 is 0 Å². The van der Waals surface area contributed by atoms with Gasteiger partial charge in [-0.15, -0.1) is 0 Å². The molecule has 0 unspecified atom stereocenters. The summed E-state index contributed by atoms with van der Waals surface area (Å²) in [4.78, 5) is 29.1. The molecule has 1 saturated heterocycles. The van der Waals surface area contributed by atoms with Gasteiger partial charge in [0.15, 0.2) is 0 Å². The predicted molar refractivity (Wildman–Crippen MR) is 86.0 cm³/mol. The number of pyridine rings is 1. The minimum atomic E-state index is -0.345. The molecule has 1 aromatic carbocycles. The number of aromatic amines is 1. The van der Waals surface area contributed by atoms with Crippen molar-refractivity contribution in [3.63, 3.8) is 0 Å². The van der Waals surface area contributed by atoms with E-state index in [1.54, 1.807) is 36.1 Å². The number of nitrogens with one attached hydrogen (secondary N) is 1. The zero-order chi connectivity index (χ0) is 16.4. The van der Waals surface area contributed by atoms with Crippen molar-refractivity contribution >= 4 is 5.91 Å². The normalized spacial score (nSPS) is 17.5. The van der Waals surface area contributed by atoms with Gasteiger partial charge in [-0.1, -0.05) is 12.1 Å². The second-order valence-electron chi connectivity index (χ2n) is 6.01.